The highest BCUT2D eigenvalue weighted by Crippen LogP contribution is 2.15. The topological polar surface area (TPSA) is 147 Å². The van der Waals surface area contributed by atoms with Gasteiger partial charge in [0, 0.05) is 19.0 Å². The van der Waals surface area contributed by atoms with Crippen molar-refractivity contribution >= 4 is 18.0 Å². The summed E-state index contributed by atoms with van der Waals surface area (Å²) in [6, 6.07) is -0.741. The fourth-order valence-corrected chi connectivity index (χ4v) is 1.64. The number of carboxylic acids is 1. The number of aliphatic carboxylic acids is 1. The van der Waals surface area contributed by atoms with Crippen molar-refractivity contribution in [2.24, 2.45) is 11.5 Å². The second-order valence-electron chi connectivity index (χ2n) is 4.42. The molecular formula is C11H21N3O5. The van der Waals surface area contributed by atoms with Crippen molar-refractivity contribution in [3.05, 3.63) is 0 Å². The van der Waals surface area contributed by atoms with Crippen LogP contribution >= 0.6 is 0 Å². The van der Waals surface area contributed by atoms with Gasteiger partial charge in [-0.15, -0.1) is 0 Å². The van der Waals surface area contributed by atoms with Crippen molar-refractivity contribution in [1.29, 1.82) is 0 Å². The molecule has 0 saturated carbocycles. The van der Waals surface area contributed by atoms with Gasteiger partial charge in [0.15, 0.2) is 0 Å². The lowest BCUT2D eigenvalue weighted by molar-refractivity contribution is -0.138. The van der Waals surface area contributed by atoms with Gasteiger partial charge in [-0.1, -0.05) is 0 Å². The predicted molar refractivity (Wildman–Crippen MR) is 67.5 cm³/mol. The molecule has 0 unspecified atom stereocenters. The Bertz CT molecular complexity index is 334. The van der Waals surface area contributed by atoms with Gasteiger partial charge in [0.1, 0.15) is 6.04 Å². The van der Waals surface area contributed by atoms with Crippen LogP contribution in [0.25, 0.3) is 0 Å². The van der Waals surface area contributed by atoms with Gasteiger partial charge in [-0.3, -0.25) is 9.59 Å². The summed E-state index contributed by atoms with van der Waals surface area (Å²) in [4.78, 5) is 32.0. The van der Waals surface area contributed by atoms with Crippen LogP contribution in [0.1, 0.15) is 32.6 Å². The first kappa shape index (κ1) is 17.2. The SMILES string of the molecule is C[C@@H]1CCCN1C(=O)O.NC(=O)CC[C@H](N)C(=O)O. The molecule has 1 saturated heterocycles. The smallest absolute Gasteiger partial charge is 0.407 e. The molecular weight excluding hydrogens is 254 g/mol. The number of hydrogen-bond donors (Lipinski definition) is 4. The molecule has 110 valence electrons. The molecule has 0 aromatic carbocycles. The number of hydrogen-bond acceptors (Lipinski definition) is 4. The Labute approximate surface area is 111 Å². The molecule has 1 aliphatic heterocycles. The van der Waals surface area contributed by atoms with Crippen LogP contribution in [0.15, 0.2) is 0 Å². The average molecular weight is 275 g/mol. The normalized spacial score (nSPS) is 19.3. The second kappa shape index (κ2) is 8.30. The minimum Gasteiger partial charge on any atom is -0.480 e. The Morgan fingerprint density at radius 1 is 1.37 bits per heavy atom. The van der Waals surface area contributed by atoms with Crippen LogP contribution in [-0.2, 0) is 9.59 Å². The van der Waals surface area contributed by atoms with E-state index in [0.717, 1.165) is 19.4 Å². The fourth-order valence-electron chi connectivity index (χ4n) is 1.64. The number of primary amides is 1. The molecule has 8 nitrogen and oxygen atoms in total. The van der Waals surface area contributed by atoms with Crippen LogP contribution in [0.4, 0.5) is 4.79 Å². The van der Waals surface area contributed by atoms with Gasteiger partial charge in [-0.25, -0.2) is 4.79 Å². The summed E-state index contributed by atoms with van der Waals surface area (Å²) >= 11 is 0. The monoisotopic (exact) mass is 275 g/mol. The van der Waals surface area contributed by atoms with Crippen molar-refractivity contribution in [2.45, 2.75) is 44.7 Å². The Balaban J connectivity index is 0.000000342. The number of carbonyl (C=O) groups excluding carboxylic acids is 1. The zero-order valence-corrected chi connectivity index (χ0v) is 10.9. The van der Waals surface area contributed by atoms with E-state index in [1.54, 1.807) is 0 Å². The van der Waals surface area contributed by atoms with Gasteiger partial charge < -0.3 is 26.6 Å². The van der Waals surface area contributed by atoms with Crippen LogP contribution in [0, 0.1) is 0 Å². The van der Waals surface area contributed by atoms with Crippen molar-refractivity contribution in [2.75, 3.05) is 6.54 Å². The van der Waals surface area contributed by atoms with Crippen molar-refractivity contribution in [1.82, 2.24) is 4.90 Å². The summed E-state index contributed by atoms with van der Waals surface area (Å²) in [7, 11) is 0. The van der Waals surface area contributed by atoms with E-state index < -0.39 is 24.0 Å². The van der Waals surface area contributed by atoms with Crippen LogP contribution in [0.3, 0.4) is 0 Å². The highest BCUT2D eigenvalue weighted by Gasteiger charge is 2.23. The van der Waals surface area contributed by atoms with Crippen LogP contribution < -0.4 is 11.5 Å². The molecule has 2 amide bonds. The summed E-state index contributed by atoms with van der Waals surface area (Å²) in [6.45, 7) is 2.66. The average Bonchev–Trinajstić information content (AvgIpc) is 2.73. The zero-order valence-electron chi connectivity index (χ0n) is 10.9. The van der Waals surface area contributed by atoms with Crippen LogP contribution in [0.2, 0.25) is 0 Å². The van der Waals surface area contributed by atoms with Crippen LogP contribution in [0.5, 0.6) is 0 Å². The lowest BCUT2D eigenvalue weighted by atomic mass is 10.2. The van der Waals surface area contributed by atoms with Gasteiger partial charge in [-0.05, 0) is 26.2 Å². The zero-order chi connectivity index (χ0) is 15.0. The maximum Gasteiger partial charge on any atom is 0.407 e. The number of carboxylic acid groups (broad SMARTS) is 2. The molecule has 1 fully saturated rings. The third kappa shape index (κ3) is 7.24. The van der Waals surface area contributed by atoms with E-state index in [4.69, 9.17) is 21.7 Å². The molecule has 8 heteroatoms. The number of carbonyl (C=O) groups is 3. The Morgan fingerprint density at radius 3 is 2.21 bits per heavy atom. The highest BCUT2D eigenvalue weighted by atomic mass is 16.4. The van der Waals surface area contributed by atoms with E-state index in [2.05, 4.69) is 0 Å². The van der Waals surface area contributed by atoms with Gasteiger partial charge in [-0.2, -0.15) is 0 Å². The standard InChI is InChI=1S/C6H11NO2.C5H10N2O3/c1-5-3-2-4-7(5)6(8)9;6-3(5(9)10)1-2-4(7)8/h5H,2-4H2,1H3,(H,8,9);3H,1-2,6H2,(H2,7,8)(H,9,10)/t5-;3-/m10/s1. The summed E-state index contributed by atoms with van der Waals surface area (Å²) in [5.74, 6) is -1.64. The molecule has 0 spiro atoms. The fraction of sp³-hybridized carbons (Fsp3) is 0.727. The third-order valence-corrected chi connectivity index (χ3v) is 2.82. The molecule has 0 radical (unpaired) electrons. The second-order valence-corrected chi connectivity index (χ2v) is 4.42. The Morgan fingerprint density at radius 2 is 1.95 bits per heavy atom. The van der Waals surface area contributed by atoms with Crippen molar-refractivity contribution < 1.29 is 24.6 Å². The van der Waals surface area contributed by atoms with Gasteiger partial charge in [0.05, 0.1) is 0 Å². The first-order valence-corrected chi connectivity index (χ1v) is 6.02. The minimum atomic E-state index is -1.11. The van der Waals surface area contributed by atoms with Gasteiger partial charge >= 0.3 is 12.1 Å². The number of rotatable bonds is 4. The number of nitrogens with zero attached hydrogens (tertiary/aromatic N) is 1. The Hall–Kier alpha value is -1.83. The van der Waals surface area contributed by atoms with E-state index in [9.17, 15) is 14.4 Å². The molecule has 0 aliphatic carbocycles. The molecule has 6 N–H and O–H groups in total. The lowest BCUT2D eigenvalue weighted by Crippen LogP contribution is -2.31. The van der Waals surface area contributed by atoms with E-state index in [1.165, 1.54) is 4.90 Å². The van der Waals surface area contributed by atoms with Gasteiger partial charge in [0.2, 0.25) is 5.91 Å². The predicted octanol–water partition coefficient (Wildman–Crippen LogP) is -0.187. The maximum atomic E-state index is 10.3. The van der Waals surface area contributed by atoms with E-state index in [0.29, 0.717) is 0 Å². The number of amides is 2. The summed E-state index contributed by atoms with van der Waals surface area (Å²) < 4.78 is 0. The number of nitrogens with two attached hydrogens (primary N) is 2. The molecule has 1 heterocycles. The molecule has 1 aliphatic rings. The minimum absolute atomic E-state index is 0.0213. The van der Waals surface area contributed by atoms with Crippen molar-refractivity contribution in [3.8, 4) is 0 Å². The molecule has 19 heavy (non-hydrogen) atoms. The molecule has 0 bridgehead atoms. The Kier molecular flexibility index (Phi) is 7.50. The van der Waals surface area contributed by atoms with Gasteiger partial charge in [0.25, 0.3) is 0 Å². The molecule has 1 rings (SSSR count). The highest BCUT2D eigenvalue weighted by molar-refractivity contribution is 5.76. The van der Waals surface area contributed by atoms with E-state index >= 15 is 0 Å². The summed E-state index contributed by atoms with van der Waals surface area (Å²) in [5.41, 5.74) is 9.81. The van der Waals surface area contributed by atoms with E-state index in [-0.39, 0.29) is 18.9 Å². The molecule has 0 aromatic rings. The van der Waals surface area contributed by atoms with E-state index in [1.807, 2.05) is 6.92 Å². The first-order chi connectivity index (χ1) is 8.75. The first-order valence-electron chi connectivity index (χ1n) is 6.02. The largest absolute Gasteiger partial charge is 0.480 e. The van der Waals surface area contributed by atoms with Crippen molar-refractivity contribution in [3.63, 3.8) is 0 Å². The quantitative estimate of drug-likeness (QED) is 0.559. The maximum absolute atomic E-state index is 10.3. The number of likely N-dealkylation sites (tertiary alicyclic amines) is 1. The third-order valence-electron chi connectivity index (χ3n) is 2.82. The molecule has 0 aromatic heterocycles. The molecule has 2 atom stereocenters. The summed E-state index contributed by atoms with van der Waals surface area (Å²) in [5, 5.41) is 16.7. The van der Waals surface area contributed by atoms with Crippen LogP contribution in [-0.4, -0.2) is 51.7 Å². The summed E-state index contributed by atoms with van der Waals surface area (Å²) in [6.07, 6.45) is 1.39. The lowest BCUT2D eigenvalue weighted by Gasteiger charge is -2.16.